The third kappa shape index (κ3) is 5.01. The van der Waals surface area contributed by atoms with E-state index in [4.69, 9.17) is 10.5 Å². The summed E-state index contributed by atoms with van der Waals surface area (Å²) in [5, 5.41) is 12.7. The van der Waals surface area contributed by atoms with E-state index in [0.717, 1.165) is 24.1 Å². The van der Waals surface area contributed by atoms with Crippen LogP contribution in [0, 0.1) is 0 Å². The molecule has 6 heteroatoms. The van der Waals surface area contributed by atoms with Crippen molar-refractivity contribution in [1.29, 1.82) is 0 Å². The highest BCUT2D eigenvalue weighted by molar-refractivity contribution is 14.0. The molecule has 0 aliphatic heterocycles. The van der Waals surface area contributed by atoms with Gasteiger partial charge in [0.15, 0.2) is 17.5 Å². The Morgan fingerprint density at radius 1 is 1.20 bits per heavy atom. The van der Waals surface area contributed by atoms with E-state index in [2.05, 4.69) is 28.5 Å². The summed E-state index contributed by atoms with van der Waals surface area (Å²) in [4.78, 5) is 4.37. The second-order valence-electron chi connectivity index (χ2n) is 5.99. The van der Waals surface area contributed by atoms with Crippen LogP contribution < -0.4 is 15.8 Å². The number of aromatic hydroxyl groups is 1. The van der Waals surface area contributed by atoms with Crippen LogP contribution in [0.4, 0.5) is 5.69 Å². The number of methoxy groups -OCH3 is 1. The quantitative estimate of drug-likeness (QED) is 0.368. The maximum atomic E-state index is 9.60. The minimum Gasteiger partial charge on any atom is -0.504 e. The van der Waals surface area contributed by atoms with E-state index in [0.29, 0.717) is 18.3 Å². The first-order valence-electron chi connectivity index (χ1n) is 8.20. The number of halogens is 1. The van der Waals surface area contributed by atoms with Gasteiger partial charge in [0, 0.05) is 12.2 Å². The van der Waals surface area contributed by atoms with Crippen molar-refractivity contribution in [3.05, 3.63) is 53.1 Å². The van der Waals surface area contributed by atoms with Crippen LogP contribution in [0.15, 0.2) is 41.4 Å². The number of ether oxygens (including phenoxy) is 1. The molecule has 0 radical (unpaired) electrons. The van der Waals surface area contributed by atoms with Crippen molar-refractivity contribution in [3.63, 3.8) is 0 Å². The van der Waals surface area contributed by atoms with Crippen LogP contribution in [0.25, 0.3) is 0 Å². The highest BCUT2D eigenvalue weighted by Gasteiger charge is 2.10. The van der Waals surface area contributed by atoms with E-state index in [1.165, 1.54) is 31.1 Å². The molecule has 0 heterocycles. The maximum Gasteiger partial charge on any atom is 0.193 e. The van der Waals surface area contributed by atoms with Gasteiger partial charge in [-0.3, -0.25) is 4.99 Å². The van der Waals surface area contributed by atoms with Crippen molar-refractivity contribution in [1.82, 2.24) is 0 Å². The molecule has 3 rings (SSSR count). The van der Waals surface area contributed by atoms with Crippen LogP contribution in [0.5, 0.6) is 11.5 Å². The van der Waals surface area contributed by atoms with Gasteiger partial charge in [-0.25, -0.2) is 0 Å². The molecule has 134 valence electrons. The number of nitrogens with zero attached hydrogens (tertiary/aromatic N) is 1. The van der Waals surface area contributed by atoms with E-state index in [1.807, 2.05) is 12.1 Å². The molecule has 0 bridgehead atoms. The normalized spacial score (nSPS) is 13.1. The SMILES string of the molecule is COc1cc(CCN=C(N)Nc2ccc3c(c2)CCC3)ccc1O.I. The minimum atomic E-state index is 0. The molecule has 2 aromatic carbocycles. The van der Waals surface area contributed by atoms with E-state index in [9.17, 15) is 5.11 Å². The van der Waals surface area contributed by atoms with Crippen molar-refractivity contribution in [2.75, 3.05) is 19.0 Å². The van der Waals surface area contributed by atoms with Crippen LogP contribution in [-0.4, -0.2) is 24.7 Å². The second-order valence-corrected chi connectivity index (χ2v) is 5.99. The summed E-state index contributed by atoms with van der Waals surface area (Å²) < 4.78 is 5.11. The number of aliphatic imine (C=N–C) groups is 1. The molecular weight excluding hydrogens is 429 g/mol. The molecule has 0 fully saturated rings. The van der Waals surface area contributed by atoms with Gasteiger partial charge in [-0.1, -0.05) is 12.1 Å². The first kappa shape index (κ1) is 19.4. The predicted octanol–water partition coefficient (Wildman–Crippen LogP) is 3.48. The largest absolute Gasteiger partial charge is 0.504 e. The maximum absolute atomic E-state index is 9.60. The van der Waals surface area contributed by atoms with Crippen LogP contribution >= 0.6 is 24.0 Å². The topological polar surface area (TPSA) is 79.9 Å². The fraction of sp³-hybridized carbons (Fsp3) is 0.316. The fourth-order valence-corrected chi connectivity index (χ4v) is 3.02. The summed E-state index contributed by atoms with van der Waals surface area (Å²) in [6.45, 7) is 0.567. The van der Waals surface area contributed by atoms with Crippen LogP contribution in [0.2, 0.25) is 0 Å². The van der Waals surface area contributed by atoms with Gasteiger partial charge >= 0.3 is 0 Å². The summed E-state index contributed by atoms with van der Waals surface area (Å²) >= 11 is 0. The predicted molar refractivity (Wildman–Crippen MR) is 112 cm³/mol. The first-order chi connectivity index (χ1) is 11.7. The average molecular weight is 453 g/mol. The number of anilines is 1. The molecule has 4 N–H and O–H groups in total. The number of nitrogens with two attached hydrogens (primary N) is 1. The van der Waals surface area contributed by atoms with Crippen molar-refractivity contribution < 1.29 is 9.84 Å². The van der Waals surface area contributed by atoms with Gasteiger partial charge in [0.1, 0.15) is 0 Å². The third-order valence-corrected chi connectivity index (χ3v) is 4.30. The number of nitrogens with one attached hydrogen (secondary N) is 1. The van der Waals surface area contributed by atoms with Gasteiger partial charge in [0.2, 0.25) is 0 Å². The zero-order chi connectivity index (χ0) is 16.9. The van der Waals surface area contributed by atoms with Crippen molar-refractivity contribution >= 4 is 35.6 Å². The Bertz CT molecular complexity index is 762. The third-order valence-electron chi connectivity index (χ3n) is 4.30. The van der Waals surface area contributed by atoms with Gasteiger partial charge < -0.3 is 20.9 Å². The molecule has 0 atom stereocenters. The molecule has 0 unspecified atom stereocenters. The number of hydrogen-bond acceptors (Lipinski definition) is 3. The minimum absolute atomic E-state index is 0. The highest BCUT2D eigenvalue weighted by atomic mass is 127. The number of benzene rings is 2. The number of phenols is 1. The summed E-state index contributed by atoms with van der Waals surface area (Å²) in [5.74, 6) is 1.03. The molecule has 1 aliphatic carbocycles. The molecule has 1 aliphatic rings. The Kier molecular flexibility index (Phi) is 6.92. The standard InChI is InChI=1S/C19H23N3O2.HI/c1-24-18-11-13(5-8-17(18)23)9-10-21-19(20)22-16-7-6-14-3-2-4-15(14)12-16;/h5-8,11-12,23H,2-4,9-10H2,1H3,(H3,20,21,22);1H. The van der Waals surface area contributed by atoms with Gasteiger partial charge in [-0.05, 0) is 66.6 Å². The van der Waals surface area contributed by atoms with Gasteiger partial charge in [-0.15, -0.1) is 24.0 Å². The summed E-state index contributed by atoms with van der Waals surface area (Å²) in [6, 6.07) is 11.7. The lowest BCUT2D eigenvalue weighted by atomic mass is 10.1. The Morgan fingerprint density at radius 3 is 2.80 bits per heavy atom. The Hall–Kier alpha value is -1.96. The lowest BCUT2D eigenvalue weighted by Crippen LogP contribution is -2.23. The first-order valence-corrected chi connectivity index (χ1v) is 8.20. The van der Waals surface area contributed by atoms with Gasteiger partial charge in [-0.2, -0.15) is 0 Å². The second kappa shape index (κ2) is 8.94. The molecular formula is C19H24IN3O2. The number of hydrogen-bond donors (Lipinski definition) is 3. The van der Waals surface area contributed by atoms with Crippen molar-refractivity contribution in [2.24, 2.45) is 10.7 Å². The fourth-order valence-electron chi connectivity index (χ4n) is 3.02. The number of rotatable bonds is 5. The molecule has 0 spiro atoms. The average Bonchev–Trinajstić information content (AvgIpc) is 3.04. The lowest BCUT2D eigenvalue weighted by Gasteiger charge is -2.08. The molecule has 25 heavy (non-hydrogen) atoms. The van der Waals surface area contributed by atoms with Crippen LogP contribution in [0.3, 0.4) is 0 Å². The number of aryl methyl sites for hydroxylation is 2. The van der Waals surface area contributed by atoms with E-state index >= 15 is 0 Å². The van der Waals surface area contributed by atoms with E-state index in [-0.39, 0.29) is 29.7 Å². The molecule has 0 aromatic heterocycles. The Labute approximate surface area is 165 Å². The molecule has 0 saturated carbocycles. The highest BCUT2D eigenvalue weighted by Crippen LogP contribution is 2.26. The number of phenolic OH excluding ortho intramolecular Hbond substituents is 1. The summed E-state index contributed by atoms with van der Waals surface area (Å²) in [5.41, 5.74) is 10.8. The Morgan fingerprint density at radius 2 is 2.00 bits per heavy atom. The summed E-state index contributed by atoms with van der Waals surface area (Å²) in [7, 11) is 1.54. The molecule has 0 saturated heterocycles. The van der Waals surface area contributed by atoms with Crippen molar-refractivity contribution in [2.45, 2.75) is 25.7 Å². The zero-order valence-corrected chi connectivity index (χ0v) is 16.6. The smallest absolute Gasteiger partial charge is 0.193 e. The summed E-state index contributed by atoms with van der Waals surface area (Å²) in [6.07, 6.45) is 4.28. The van der Waals surface area contributed by atoms with Crippen LogP contribution in [-0.2, 0) is 19.3 Å². The van der Waals surface area contributed by atoms with Crippen LogP contribution in [0.1, 0.15) is 23.1 Å². The monoisotopic (exact) mass is 453 g/mol. The number of fused-ring (bicyclic) bond motifs is 1. The number of guanidine groups is 1. The van der Waals surface area contributed by atoms with Gasteiger partial charge in [0.05, 0.1) is 7.11 Å². The molecule has 0 amide bonds. The van der Waals surface area contributed by atoms with E-state index in [1.54, 1.807) is 6.07 Å². The molecule has 5 nitrogen and oxygen atoms in total. The van der Waals surface area contributed by atoms with Gasteiger partial charge in [0.25, 0.3) is 0 Å². The van der Waals surface area contributed by atoms with Crippen molar-refractivity contribution in [3.8, 4) is 11.5 Å². The zero-order valence-electron chi connectivity index (χ0n) is 14.3. The molecule has 2 aromatic rings. The Balaban J connectivity index is 0.00000225. The van der Waals surface area contributed by atoms with E-state index < -0.39 is 0 Å². The lowest BCUT2D eigenvalue weighted by molar-refractivity contribution is 0.373.